The van der Waals surface area contributed by atoms with Gasteiger partial charge in [-0.25, -0.2) is 9.37 Å². The van der Waals surface area contributed by atoms with Crippen LogP contribution in [0.5, 0.6) is 23.0 Å². The molecule has 0 atom stereocenters. The highest BCUT2D eigenvalue weighted by molar-refractivity contribution is 9.10. The van der Waals surface area contributed by atoms with E-state index in [2.05, 4.69) is 35.7 Å². The largest absolute Gasteiger partial charge is 0.573 e. The second kappa shape index (κ2) is 10.2. The molecule has 1 N–H and O–H groups in total. The number of alkyl halides is 6. The molecule has 1 aromatic heterocycles. The number of ether oxygens (including phenoxy) is 3. The summed E-state index contributed by atoms with van der Waals surface area (Å²) in [5.74, 6) is -6.76. The summed E-state index contributed by atoms with van der Waals surface area (Å²) in [5, 5.41) is 2.24. The van der Waals surface area contributed by atoms with Crippen LogP contribution in [0.15, 0.2) is 47.2 Å². The van der Waals surface area contributed by atoms with Crippen molar-refractivity contribution in [2.24, 2.45) is 0 Å². The number of carbonyl (C=O) groups is 1. The number of nitrogens with zero attached hydrogens (tertiary/aromatic N) is 1. The molecule has 0 radical (unpaired) electrons. The zero-order chi connectivity index (χ0) is 29.3. The lowest BCUT2D eigenvalue weighted by atomic mass is 10.1. The van der Waals surface area contributed by atoms with Crippen molar-refractivity contribution >= 4 is 27.5 Å². The summed E-state index contributed by atoms with van der Waals surface area (Å²) >= 11 is 3.06. The van der Waals surface area contributed by atoms with Crippen LogP contribution in [0.25, 0.3) is 0 Å². The van der Waals surface area contributed by atoms with Gasteiger partial charge < -0.3 is 19.5 Å². The summed E-state index contributed by atoms with van der Waals surface area (Å²) in [6.45, 7) is 1.50. The highest BCUT2D eigenvalue weighted by Crippen LogP contribution is 2.41. The van der Waals surface area contributed by atoms with E-state index in [1.165, 1.54) is 19.2 Å². The number of amides is 1. The van der Waals surface area contributed by atoms with Gasteiger partial charge in [0.25, 0.3) is 5.91 Å². The third-order valence-corrected chi connectivity index (χ3v) is 4.87. The first kappa shape index (κ1) is 22.9. The molecule has 1 amide bonds. The fourth-order valence-corrected chi connectivity index (χ4v) is 3.19. The number of rotatable bonds is 6. The maximum absolute atomic E-state index is 15.1. The topological polar surface area (TPSA) is 69.7 Å². The molecule has 2 aromatic carbocycles. The summed E-state index contributed by atoms with van der Waals surface area (Å²) in [7, 11) is -3.23. The number of pyridine rings is 1. The maximum atomic E-state index is 15.1. The smallest absolute Gasteiger partial charge is 0.493 e. The summed E-state index contributed by atoms with van der Waals surface area (Å²) < 4.78 is 129. The molecular weight excluding hydrogens is 569 g/mol. The molecule has 0 unspecified atom stereocenters. The van der Waals surface area contributed by atoms with Gasteiger partial charge in [-0.1, -0.05) is 0 Å². The quantitative estimate of drug-likeness (QED) is 0.243. The number of halogens is 8. The highest BCUT2D eigenvalue weighted by Gasteiger charge is 2.38. The Kier molecular flexibility index (Phi) is 6.49. The second-order valence-electron chi connectivity index (χ2n) is 6.93. The maximum Gasteiger partial charge on any atom is 0.573 e. The molecule has 0 saturated heterocycles. The SMILES string of the molecule is [2H]C([2H])([2H])Oc1cc(OC(F)(F)F)ccc1Oc1ccc(C(F)(F)F)c(F)c1C(=O)Nc1cc(Br)ncc1C. The van der Waals surface area contributed by atoms with Crippen LogP contribution in [0.3, 0.4) is 0 Å². The summed E-state index contributed by atoms with van der Waals surface area (Å²) in [5.41, 5.74) is -2.66. The van der Waals surface area contributed by atoms with E-state index in [0.717, 1.165) is 6.07 Å². The lowest BCUT2D eigenvalue weighted by molar-refractivity contribution is -0.274. The van der Waals surface area contributed by atoms with E-state index in [4.69, 9.17) is 8.85 Å². The molecule has 14 heteroatoms. The van der Waals surface area contributed by atoms with Gasteiger partial charge in [0.1, 0.15) is 21.7 Å². The Hall–Kier alpha value is -3.55. The van der Waals surface area contributed by atoms with Crippen LogP contribution in [-0.2, 0) is 6.18 Å². The van der Waals surface area contributed by atoms with Crippen LogP contribution in [0, 0.1) is 12.7 Å². The van der Waals surface area contributed by atoms with Crippen molar-refractivity contribution in [1.82, 2.24) is 4.98 Å². The van der Waals surface area contributed by atoms with Crippen molar-refractivity contribution in [3.63, 3.8) is 0 Å². The number of nitrogens with one attached hydrogen (secondary N) is 1. The molecule has 0 bridgehead atoms. The minimum absolute atomic E-state index is 0.0460. The van der Waals surface area contributed by atoms with Gasteiger partial charge in [-0.15, -0.1) is 13.2 Å². The van der Waals surface area contributed by atoms with Crippen LogP contribution in [0.2, 0.25) is 0 Å². The van der Waals surface area contributed by atoms with Crippen LogP contribution in [-0.4, -0.2) is 24.3 Å². The van der Waals surface area contributed by atoms with Gasteiger partial charge in [-0.3, -0.25) is 4.79 Å². The zero-order valence-electron chi connectivity index (χ0n) is 20.6. The number of aromatic nitrogens is 1. The fourth-order valence-electron chi connectivity index (χ4n) is 2.86. The van der Waals surface area contributed by atoms with E-state index < -0.39 is 65.4 Å². The van der Waals surface area contributed by atoms with E-state index in [1.54, 1.807) is 0 Å². The Bertz CT molecular complexity index is 1400. The number of hydrogen-bond donors (Lipinski definition) is 1. The van der Waals surface area contributed by atoms with Crippen molar-refractivity contribution in [3.05, 3.63) is 69.7 Å². The lowest BCUT2D eigenvalue weighted by Crippen LogP contribution is -2.19. The van der Waals surface area contributed by atoms with E-state index >= 15 is 4.39 Å². The van der Waals surface area contributed by atoms with Crippen LogP contribution in [0.4, 0.5) is 36.4 Å². The first-order valence-corrected chi connectivity index (χ1v) is 10.2. The second-order valence-corrected chi connectivity index (χ2v) is 7.75. The van der Waals surface area contributed by atoms with E-state index in [9.17, 15) is 31.1 Å². The molecule has 0 fully saturated rings. The molecule has 192 valence electrons. The predicted molar refractivity (Wildman–Crippen MR) is 116 cm³/mol. The Labute approximate surface area is 211 Å². The molecule has 6 nitrogen and oxygen atoms in total. The molecule has 3 aromatic rings. The van der Waals surface area contributed by atoms with Crippen molar-refractivity contribution < 1.29 is 53.9 Å². The first-order valence-electron chi connectivity index (χ1n) is 10.9. The van der Waals surface area contributed by atoms with Crippen LogP contribution < -0.4 is 19.5 Å². The number of methoxy groups -OCH3 is 1. The molecule has 1 heterocycles. The standard InChI is InChI=1S/C22H14BrF7N2O4/c1-10-9-31-17(23)8-13(10)32-20(33)18-15(6-4-12(19(18)24)21(25,26)27)35-14-5-3-11(7-16(14)34-2)36-22(28,29)30/h3-9H,1-2H3,(H,31,32,33)/i2D3. The molecule has 0 aliphatic heterocycles. The normalized spacial score (nSPS) is 13.3. The average Bonchev–Trinajstić information content (AvgIpc) is 2.75. The van der Waals surface area contributed by atoms with Crippen molar-refractivity contribution in [2.45, 2.75) is 19.5 Å². The zero-order valence-corrected chi connectivity index (χ0v) is 19.2. The molecule has 36 heavy (non-hydrogen) atoms. The van der Waals surface area contributed by atoms with E-state index in [0.29, 0.717) is 23.8 Å². The number of hydrogen-bond acceptors (Lipinski definition) is 5. The Morgan fingerprint density at radius 2 is 1.75 bits per heavy atom. The molecule has 0 aliphatic carbocycles. The Balaban J connectivity index is 2.13. The van der Waals surface area contributed by atoms with Gasteiger partial charge in [0.2, 0.25) is 0 Å². The summed E-state index contributed by atoms with van der Waals surface area (Å²) in [6, 6.07) is 4.02. The van der Waals surface area contributed by atoms with Crippen LogP contribution in [0.1, 0.15) is 25.6 Å². The van der Waals surface area contributed by atoms with Crippen LogP contribution >= 0.6 is 15.9 Å². The van der Waals surface area contributed by atoms with E-state index in [1.807, 2.05) is 0 Å². The minimum atomic E-state index is -5.22. The van der Waals surface area contributed by atoms with Gasteiger partial charge in [-0.05, 0) is 58.7 Å². The van der Waals surface area contributed by atoms with Gasteiger partial charge in [0.15, 0.2) is 17.3 Å². The Morgan fingerprint density at radius 1 is 1.06 bits per heavy atom. The van der Waals surface area contributed by atoms with Crippen molar-refractivity contribution in [1.29, 1.82) is 0 Å². The van der Waals surface area contributed by atoms with Gasteiger partial charge in [-0.2, -0.15) is 13.2 Å². The van der Waals surface area contributed by atoms with E-state index in [-0.39, 0.29) is 16.4 Å². The lowest BCUT2D eigenvalue weighted by Gasteiger charge is -2.18. The molecule has 0 aliphatic rings. The first-order chi connectivity index (χ1) is 17.8. The predicted octanol–water partition coefficient (Wildman–Crippen LogP) is 7.26. The fraction of sp³-hybridized carbons (Fsp3) is 0.182. The third kappa shape index (κ3) is 6.36. The minimum Gasteiger partial charge on any atom is -0.493 e. The number of aryl methyl sites for hydroxylation is 1. The van der Waals surface area contributed by atoms with Gasteiger partial charge >= 0.3 is 12.5 Å². The number of carbonyl (C=O) groups excluding carboxylic acids is 1. The molecule has 0 saturated carbocycles. The number of benzene rings is 2. The third-order valence-electron chi connectivity index (χ3n) is 4.43. The van der Waals surface area contributed by atoms with Crippen molar-refractivity contribution in [2.75, 3.05) is 12.4 Å². The average molecular weight is 586 g/mol. The number of anilines is 1. The summed E-state index contributed by atoms with van der Waals surface area (Å²) in [6.07, 6.45) is -9.08. The molecule has 0 spiro atoms. The Morgan fingerprint density at radius 3 is 2.39 bits per heavy atom. The highest BCUT2D eigenvalue weighted by atomic mass is 79.9. The van der Waals surface area contributed by atoms with Gasteiger partial charge in [0, 0.05) is 18.0 Å². The monoisotopic (exact) mass is 585 g/mol. The molecular formula is C22H14BrF7N2O4. The molecule has 3 rings (SSSR count). The van der Waals surface area contributed by atoms with Gasteiger partial charge in [0.05, 0.1) is 16.7 Å². The van der Waals surface area contributed by atoms with Crippen molar-refractivity contribution in [3.8, 4) is 23.0 Å². The summed E-state index contributed by atoms with van der Waals surface area (Å²) in [4.78, 5) is 16.9.